The van der Waals surface area contributed by atoms with Crippen molar-refractivity contribution in [2.75, 3.05) is 0 Å². The van der Waals surface area contributed by atoms with Crippen molar-refractivity contribution in [2.24, 2.45) is 0 Å². The van der Waals surface area contributed by atoms with Gasteiger partial charge in [-0.25, -0.2) is 0 Å². The first kappa shape index (κ1) is 13.9. The van der Waals surface area contributed by atoms with Crippen molar-refractivity contribution >= 4 is 0 Å². The van der Waals surface area contributed by atoms with E-state index in [1.807, 2.05) is 0 Å². The zero-order valence-corrected chi connectivity index (χ0v) is 13.7. The molecule has 2 aliphatic rings. The summed E-state index contributed by atoms with van der Waals surface area (Å²) in [7, 11) is 0. The first-order valence-electron chi connectivity index (χ1n) is 8.33. The van der Waals surface area contributed by atoms with Gasteiger partial charge < -0.3 is 4.57 Å². The minimum absolute atomic E-state index is 0.597. The lowest BCUT2D eigenvalue weighted by Crippen LogP contribution is -2.36. The van der Waals surface area contributed by atoms with Crippen molar-refractivity contribution in [3.8, 4) is 0 Å². The molecule has 4 rings (SSSR count). The van der Waals surface area contributed by atoms with Crippen LogP contribution in [-0.4, -0.2) is 41.5 Å². The maximum Gasteiger partial charge on any atom is 0.134 e. The molecule has 4 heterocycles. The van der Waals surface area contributed by atoms with E-state index >= 15 is 0 Å². The van der Waals surface area contributed by atoms with E-state index in [9.17, 15) is 0 Å². The molecule has 1 fully saturated rings. The Labute approximate surface area is 131 Å². The predicted molar refractivity (Wildman–Crippen MR) is 83.5 cm³/mol. The van der Waals surface area contributed by atoms with Crippen molar-refractivity contribution in [3.63, 3.8) is 0 Å². The number of hydrogen-bond donors (Lipinski definition) is 0. The fourth-order valence-electron chi connectivity index (χ4n) is 4.08. The summed E-state index contributed by atoms with van der Waals surface area (Å²) in [4.78, 5) is 2.68. The molecular formula is C16H24N6. The highest BCUT2D eigenvalue weighted by Gasteiger charge is 2.38. The molecule has 0 aliphatic carbocycles. The molecule has 6 heteroatoms. The molecule has 2 unspecified atom stereocenters. The van der Waals surface area contributed by atoms with E-state index in [1.165, 1.54) is 24.1 Å². The van der Waals surface area contributed by atoms with Gasteiger partial charge in [-0.15, -0.1) is 10.2 Å². The molecule has 2 aromatic rings. The molecule has 0 aromatic carbocycles. The standard InChI is InChI=1S/C16H24N6/c1-4-22-11(2)13(8-17-22)9-21-14-5-6-15(21)10-20-12(3)18-19-16(20)7-14/h8,14-15H,4-7,9-10H2,1-3H3. The van der Waals surface area contributed by atoms with Crippen molar-refractivity contribution in [2.45, 2.75) is 71.8 Å². The maximum absolute atomic E-state index is 4.50. The van der Waals surface area contributed by atoms with Crippen LogP contribution in [-0.2, 0) is 26.1 Å². The number of aryl methyl sites for hydroxylation is 2. The number of aromatic nitrogens is 5. The molecule has 1 saturated heterocycles. The van der Waals surface area contributed by atoms with E-state index in [0.29, 0.717) is 12.1 Å². The molecule has 6 nitrogen and oxygen atoms in total. The summed E-state index contributed by atoms with van der Waals surface area (Å²) in [5, 5.41) is 13.1. The van der Waals surface area contributed by atoms with Crippen LogP contribution in [0.15, 0.2) is 6.20 Å². The van der Waals surface area contributed by atoms with Gasteiger partial charge in [0.2, 0.25) is 0 Å². The Morgan fingerprint density at radius 2 is 2.00 bits per heavy atom. The van der Waals surface area contributed by atoms with E-state index in [-0.39, 0.29) is 0 Å². The quantitative estimate of drug-likeness (QED) is 0.866. The van der Waals surface area contributed by atoms with E-state index in [4.69, 9.17) is 0 Å². The van der Waals surface area contributed by atoms with E-state index in [1.54, 1.807) is 0 Å². The van der Waals surface area contributed by atoms with Gasteiger partial charge in [-0.1, -0.05) is 0 Å². The summed E-state index contributed by atoms with van der Waals surface area (Å²) in [6.07, 6.45) is 5.63. The second kappa shape index (κ2) is 5.19. The minimum Gasteiger partial charge on any atom is -0.314 e. The lowest BCUT2D eigenvalue weighted by molar-refractivity contribution is 0.179. The van der Waals surface area contributed by atoms with E-state index < -0.39 is 0 Å². The average molecular weight is 300 g/mol. The van der Waals surface area contributed by atoms with Crippen LogP contribution < -0.4 is 0 Å². The molecule has 0 saturated carbocycles. The van der Waals surface area contributed by atoms with Crippen LogP contribution in [0.1, 0.15) is 42.7 Å². The average Bonchev–Trinajstić information content (AvgIpc) is 3.10. The van der Waals surface area contributed by atoms with Crippen molar-refractivity contribution in [3.05, 3.63) is 29.1 Å². The maximum atomic E-state index is 4.50. The molecule has 2 aromatic heterocycles. The van der Waals surface area contributed by atoms with E-state index in [0.717, 1.165) is 37.7 Å². The Bertz CT molecular complexity index is 685. The van der Waals surface area contributed by atoms with Crippen molar-refractivity contribution in [1.82, 2.24) is 29.4 Å². The van der Waals surface area contributed by atoms with Crippen molar-refractivity contribution < 1.29 is 0 Å². The van der Waals surface area contributed by atoms with Crippen LogP contribution in [0.25, 0.3) is 0 Å². The highest BCUT2D eigenvalue weighted by molar-refractivity contribution is 5.17. The Kier molecular flexibility index (Phi) is 3.29. The molecule has 0 spiro atoms. The third kappa shape index (κ3) is 2.08. The molecule has 0 N–H and O–H groups in total. The van der Waals surface area contributed by atoms with Crippen LogP contribution in [0.5, 0.6) is 0 Å². The molecular weight excluding hydrogens is 276 g/mol. The monoisotopic (exact) mass is 300 g/mol. The molecule has 2 atom stereocenters. The zero-order chi connectivity index (χ0) is 15.3. The Morgan fingerprint density at radius 1 is 1.18 bits per heavy atom. The summed E-state index contributed by atoms with van der Waals surface area (Å²) < 4.78 is 4.41. The normalized spacial score (nSPS) is 24.5. The highest BCUT2D eigenvalue weighted by Crippen LogP contribution is 2.33. The number of nitrogens with zero attached hydrogens (tertiary/aromatic N) is 6. The molecule has 0 radical (unpaired) electrons. The first-order chi connectivity index (χ1) is 10.7. The third-order valence-corrected chi connectivity index (χ3v) is 5.45. The van der Waals surface area contributed by atoms with Gasteiger partial charge in [-0.3, -0.25) is 9.58 Å². The first-order valence-corrected chi connectivity index (χ1v) is 8.33. The van der Waals surface area contributed by atoms with Crippen LogP contribution in [0.2, 0.25) is 0 Å². The van der Waals surface area contributed by atoms with Gasteiger partial charge in [-0.05, 0) is 33.6 Å². The topological polar surface area (TPSA) is 51.8 Å². The largest absolute Gasteiger partial charge is 0.314 e. The lowest BCUT2D eigenvalue weighted by Gasteiger charge is -2.27. The second-order valence-electron chi connectivity index (χ2n) is 6.61. The highest BCUT2D eigenvalue weighted by atomic mass is 15.3. The van der Waals surface area contributed by atoms with Gasteiger partial charge >= 0.3 is 0 Å². The number of hydrogen-bond acceptors (Lipinski definition) is 4. The van der Waals surface area contributed by atoms with Crippen LogP contribution in [0, 0.1) is 13.8 Å². The number of rotatable bonds is 3. The summed E-state index contributed by atoms with van der Waals surface area (Å²) in [6, 6.07) is 1.20. The fourth-order valence-corrected chi connectivity index (χ4v) is 4.08. The predicted octanol–water partition coefficient (Wildman–Crippen LogP) is 1.70. The molecule has 22 heavy (non-hydrogen) atoms. The van der Waals surface area contributed by atoms with E-state index in [2.05, 4.69) is 56.4 Å². The summed E-state index contributed by atoms with van der Waals surface area (Å²) in [5.74, 6) is 2.22. The number of fused-ring (bicyclic) bond motifs is 3. The lowest BCUT2D eigenvalue weighted by atomic mass is 10.1. The van der Waals surface area contributed by atoms with Crippen LogP contribution in [0.4, 0.5) is 0 Å². The third-order valence-electron chi connectivity index (χ3n) is 5.45. The Hall–Kier alpha value is -1.69. The van der Waals surface area contributed by atoms with Gasteiger partial charge in [0.25, 0.3) is 0 Å². The molecule has 0 amide bonds. The van der Waals surface area contributed by atoms with Gasteiger partial charge in [0.05, 0.1) is 6.20 Å². The zero-order valence-electron chi connectivity index (χ0n) is 13.7. The summed E-state index contributed by atoms with van der Waals surface area (Å²) in [5.41, 5.74) is 2.68. The Morgan fingerprint density at radius 3 is 2.77 bits per heavy atom. The van der Waals surface area contributed by atoms with Gasteiger partial charge in [0.15, 0.2) is 0 Å². The fraction of sp³-hybridized carbons (Fsp3) is 0.688. The smallest absolute Gasteiger partial charge is 0.134 e. The molecule has 2 aliphatic heterocycles. The SMILES string of the molecule is CCn1ncc(CN2C3CCC2Cn2c(C)nnc2C3)c1C. The molecule has 2 bridgehead atoms. The molecule has 118 valence electrons. The summed E-state index contributed by atoms with van der Waals surface area (Å²) >= 11 is 0. The van der Waals surface area contributed by atoms with Gasteiger partial charge in [0, 0.05) is 49.4 Å². The van der Waals surface area contributed by atoms with Gasteiger partial charge in [-0.2, -0.15) is 5.10 Å². The second-order valence-corrected chi connectivity index (χ2v) is 6.61. The summed E-state index contributed by atoms with van der Waals surface area (Å²) in [6.45, 7) is 9.39. The van der Waals surface area contributed by atoms with Gasteiger partial charge in [0.1, 0.15) is 11.6 Å². The van der Waals surface area contributed by atoms with Crippen LogP contribution in [0.3, 0.4) is 0 Å². The Balaban J connectivity index is 1.60. The van der Waals surface area contributed by atoms with Crippen LogP contribution >= 0.6 is 0 Å². The van der Waals surface area contributed by atoms with Crippen molar-refractivity contribution in [1.29, 1.82) is 0 Å². The minimum atomic E-state index is 0.597.